The van der Waals surface area contributed by atoms with E-state index < -0.39 is 23.5 Å². The Balaban J connectivity index is 1.99. The lowest BCUT2D eigenvalue weighted by Crippen LogP contribution is -2.47. The van der Waals surface area contributed by atoms with Crippen molar-refractivity contribution in [3.8, 4) is 5.75 Å². The van der Waals surface area contributed by atoms with Crippen molar-refractivity contribution >= 4 is 34.4 Å². The van der Waals surface area contributed by atoms with E-state index in [1.807, 2.05) is 0 Å². The quantitative estimate of drug-likeness (QED) is 0.804. The second kappa shape index (κ2) is 6.40. The van der Waals surface area contributed by atoms with Crippen LogP contribution in [0.5, 0.6) is 5.75 Å². The van der Waals surface area contributed by atoms with Crippen LogP contribution in [0.25, 0.3) is 11.0 Å². The van der Waals surface area contributed by atoms with Crippen molar-refractivity contribution in [1.29, 1.82) is 0 Å². The lowest BCUT2D eigenvalue weighted by atomic mass is 10.0. The lowest BCUT2D eigenvalue weighted by molar-refractivity contribution is -0.310. The van der Waals surface area contributed by atoms with Crippen molar-refractivity contribution in [2.24, 2.45) is 0 Å². The maximum atomic E-state index is 12.5. The molecular formula is C17H15ClNO6-. The summed E-state index contributed by atoms with van der Waals surface area (Å²) < 4.78 is 5.17. The van der Waals surface area contributed by atoms with Gasteiger partial charge in [-0.3, -0.25) is 4.79 Å². The molecule has 1 saturated heterocycles. The fraction of sp³-hybridized carbons (Fsp3) is 0.353. The van der Waals surface area contributed by atoms with Crippen LogP contribution in [0.15, 0.2) is 21.3 Å². The Labute approximate surface area is 147 Å². The predicted molar refractivity (Wildman–Crippen MR) is 87.3 cm³/mol. The van der Waals surface area contributed by atoms with Gasteiger partial charge in [0.15, 0.2) is 0 Å². The molecule has 1 fully saturated rings. The first kappa shape index (κ1) is 17.3. The van der Waals surface area contributed by atoms with Crippen LogP contribution in [0.3, 0.4) is 0 Å². The number of aryl methyl sites for hydroxylation is 1. The van der Waals surface area contributed by atoms with E-state index in [1.54, 1.807) is 6.92 Å². The third-order valence-corrected chi connectivity index (χ3v) is 4.83. The van der Waals surface area contributed by atoms with Gasteiger partial charge in [0.25, 0.3) is 0 Å². The van der Waals surface area contributed by atoms with Gasteiger partial charge in [0.1, 0.15) is 11.3 Å². The number of carbonyl (C=O) groups is 2. The summed E-state index contributed by atoms with van der Waals surface area (Å²) in [4.78, 5) is 37.1. The summed E-state index contributed by atoms with van der Waals surface area (Å²) in [6, 6.07) is 1.73. The summed E-state index contributed by atoms with van der Waals surface area (Å²) in [5, 5.41) is 21.3. The van der Waals surface area contributed by atoms with E-state index >= 15 is 0 Å². The number of carboxylic acid groups (broad SMARTS) is 1. The van der Waals surface area contributed by atoms with Crippen LogP contribution in [-0.2, 0) is 16.0 Å². The summed E-state index contributed by atoms with van der Waals surface area (Å²) in [5.74, 6) is -1.98. The molecule has 132 valence electrons. The number of nitrogens with zero attached hydrogens (tertiary/aromatic N) is 1. The van der Waals surface area contributed by atoms with Gasteiger partial charge >= 0.3 is 5.63 Å². The van der Waals surface area contributed by atoms with Gasteiger partial charge in [-0.1, -0.05) is 11.6 Å². The van der Waals surface area contributed by atoms with Crippen LogP contribution < -0.4 is 10.7 Å². The maximum Gasteiger partial charge on any atom is 0.340 e. The number of halogens is 1. The molecule has 1 amide bonds. The summed E-state index contributed by atoms with van der Waals surface area (Å²) in [6.45, 7) is 1.96. The molecule has 7 nitrogen and oxygen atoms in total. The van der Waals surface area contributed by atoms with E-state index in [4.69, 9.17) is 16.0 Å². The molecule has 0 spiro atoms. The molecule has 0 radical (unpaired) electrons. The average Bonchev–Trinajstić information content (AvgIpc) is 3.03. The van der Waals surface area contributed by atoms with Crippen LogP contribution in [0, 0.1) is 6.92 Å². The number of carbonyl (C=O) groups excluding carboxylic acids is 2. The first-order chi connectivity index (χ1) is 11.8. The zero-order chi connectivity index (χ0) is 18.3. The number of phenolic OH excluding ortho intramolecular Hbond substituents is 1. The average molecular weight is 365 g/mol. The third kappa shape index (κ3) is 3.07. The number of carboxylic acids is 1. The molecule has 25 heavy (non-hydrogen) atoms. The number of rotatable bonds is 3. The van der Waals surface area contributed by atoms with Crippen molar-refractivity contribution in [1.82, 2.24) is 4.90 Å². The number of aliphatic carboxylic acids is 1. The summed E-state index contributed by atoms with van der Waals surface area (Å²) >= 11 is 5.90. The third-order valence-electron chi connectivity index (χ3n) is 4.53. The summed E-state index contributed by atoms with van der Waals surface area (Å²) in [7, 11) is 0. The van der Waals surface area contributed by atoms with E-state index in [1.165, 1.54) is 17.0 Å². The highest BCUT2D eigenvalue weighted by Gasteiger charge is 2.30. The van der Waals surface area contributed by atoms with Crippen molar-refractivity contribution in [2.75, 3.05) is 6.54 Å². The van der Waals surface area contributed by atoms with E-state index in [-0.39, 0.29) is 28.3 Å². The molecule has 2 heterocycles. The summed E-state index contributed by atoms with van der Waals surface area (Å²) in [6.07, 6.45) is 0.644. The molecular weight excluding hydrogens is 350 g/mol. The van der Waals surface area contributed by atoms with Gasteiger partial charge in [-0.05, 0) is 31.4 Å². The topological polar surface area (TPSA) is 111 Å². The molecule has 3 rings (SSSR count). The second-order valence-electron chi connectivity index (χ2n) is 6.03. The predicted octanol–water partition coefficient (Wildman–Crippen LogP) is 0.744. The van der Waals surface area contributed by atoms with Crippen LogP contribution >= 0.6 is 11.6 Å². The van der Waals surface area contributed by atoms with Crippen LogP contribution in [0.4, 0.5) is 0 Å². The second-order valence-corrected chi connectivity index (χ2v) is 6.44. The monoisotopic (exact) mass is 364 g/mol. The minimum atomic E-state index is -1.30. The molecule has 1 aliphatic rings. The highest BCUT2D eigenvalue weighted by Crippen LogP contribution is 2.31. The molecule has 8 heteroatoms. The zero-order valence-corrected chi connectivity index (χ0v) is 14.1. The van der Waals surface area contributed by atoms with Gasteiger partial charge in [-0.15, -0.1) is 0 Å². The Morgan fingerprint density at radius 1 is 1.44 bits per heavy atom. The lowest BCUT2D eigenvalue weighted by Gasteiger charge is -2.25. The SMILES string of the molecule is Cc1c(CC(=O)N2CCC[C@@H]2C(=O)[O-])c(=O)oc2cc(O)c(Cl)cc12. The minimum absolute atomic E-state index is 0.0956. The maximum absolute atomic E-state index is 12.5. The van der Waals surface area contributed by atoms with Crippen LogP contribution in [0.1, 0.15) is 24.0 Å². The molecule has 1 aromatic carbocycles. The number of fused-ring (bicyclic) bond motifs is 1. The Morgan fingerprint density at radius 2 is 2.16 bits per heavy atom. The minimum Gasteiger partial charge on any atom is -0.548 e. The highest BCUT2D eigenvalue weighted by molar-refractivity contribution is 6.32. The van der Waals surface area contributed by atoms with E-state index in [9.17, 15) is 24.6 Å². The summed E-state index contributed by atoms with van der Waals surface area (Å²) in [5.41, 5.74) is 0.104. The number of benzene rings is 1. The number of hydrogen-bond donors (Lipinski definition) is 1. The fourth-order valence-corrected chi connectivity index (χ4v) is 3.33. The molecule has 0 unspecified atom stereocenters. The molecule has 1 aromatic heterocycles. The van der Waals surface area contributed by atoms with Gasteiger partial charge < -0.3 is 24.3 Å². The van der Waals surface area contributed by atoms with Gasteiger partial charge in [-0.2, -0.15) is 0 Å². The van der Waals surface area contributed by atoms with Gasteiger partial charge in [-0.25, -0.2) is 4.79 Å². The van der Waals surface area contributed by atoms with Gasteiger partial charge in [0, 0.05) is 18.0 Å². The first-order valence-electron chi connectivity index (χ1n) is 7.74. The Bertz CT molecular complexity index is 935. The Morgan fingerprint density at radius 3 is 2.84 bits per heavy atom. The van der Waals surface area contributed by atoms with Crippen molar-refractivity contribution in [3.05, 3.63) is 38.7 Å². The molecule has 1 aliphatic heterocycles. The number of phenols is 1. The number of hydrogen-bond acceptors (Lipinski definition) is 6. The molecule has 1 atom stereocenters. The number of aromatic hydroxyl groups is 1. The Hall–Kier alpha value is -2.54. The van der Waals surface area contributed by atoms with Gasteiger partial charge in [0.2, 0.25) is 5.91 Å². The molecule has 0 aliphatic carbocycles. The first-order valence-corrected chi connectivity index (χ1v) is 8.12. The van der Waals surface area contributed by atoms with E-state index in [0.717, 1.165) is 0 Å². The molecule has 0 saturated carbocycles. The van der Waals surface area contributed by atoms with Crippen molar-refractivity contribution in [2.45, 2.75) is 32.2 Å². The Kier molecular flexibility index (Phi) is 4.43. The largest absolute Gasteiger partial charge is 0.548 e. The molecule has 0 bridgehead atoms. The number of amides is 1. The van der Waals surface area contributed by atoms with Gasteiger partial charge in [0.05, 0.1) is 29.0 Å². The smallest absolute Gasteiger partial charge is 0.340 e. The normalized spacial score (nSPS) is 17.2. The van der Waals surface area contributed by atoms with Crippen molar-refractivity contribution < 1.29 is 24.2 Å². The van der Waals surface area contributed by atoms with Crippen LogP contribution in [0.2, 0.25) is 5.02 Å². The van der Waals surface area contributed by atoms with Crippen molar-refractivity contribution in [3.63, 3.8) is 0 Å². The van der Waals surface area contributed by atoms with E-state index in [2.05, 4.69) is 0 Å². The molecule has 1 N–H and O–H groups in total. The van der Waals surface area contributed by atoms with E-state index in [0.29, 0.717) is 30.3 Å². The zero-order valence-electron chi connectivity index (χ0n) is 13.4. The highest BCUT2D eigenvalue weighted by atomic mass is 35.5. The fourth-order valence-electron chi connectivity index (χ4n) is 3.17. The van der Waals surface area contributed by atoms with Crippen LogP contribution in [-0.4, -0.2) is 34.5 Å². The molecule has 2 aromatic rings. The standard InChI is InChI=1S/C17H16ClNO6/c1-8-9-5-11(18)13(20)7-14(9)25-17(24)10(8)6-15(21)19-4-2-3-12(19)16(22)23/h5,7,12,20H,2-4,6H2,1H3,(H,22,23)/p-1/t12-/m1/s1. The number of likely N-dealkylation sites (tertiary alicyclic amines) is 1.